The van der Waals surface area contributed by atoms with Gasteiger partial charge >= 0.3 is 0 Å². The van der Waals surface area contributed by atoms with Crippen LogP contribution in [-0.2, 0) is 15.1 Å². The Morgan fingerprint density at radius 2 is 1.59 bits per heavy atom. The summed E-state index contributed by atoms with van der Waals surface area (Å²) in [7, 11) is 3.26. The Balaban J connectivity index is 1.32. The van der Waals surface area contributed by atoms with E-state index >= 15 is 0 Å². The third-order valence-electron chi connectivity index (χ3n) is 8.27. The Morgan fingerprint density at radius 3 is 2.17 bits per heavy atom. The second-order valence-electron chi connectivity index (χ2n) is 11.8. The standard InChI is InChI=1S/C35H39N5O6/c1-22(2)19-36-34-38-32-31(33(42)39-34)40(21-37-32)30-18-28(41)29(46-30)20-45-35(23-8-6-5-7-9-23,24-10-14-26(43-3)15-11-24)25-12-16-27(44-4)17-13-25/h5-17,21-22,28-30,41H,18-20H2,1-4H3,(H2,36,38,39,42)/t28-,29+,30+/m0/s1. The maximum absolute atomic E-state index is 13.1. The molecule has 0 unspecified atom stereocenters. The van der Waals surface area contributed by atoms with E-state index in [9.17, 15) is 9.90 Å². The topological polar surface area (TPSA) is 133 Å². The van der Waals surface area contributed by atoms with Crippen molar-refractivity contribution >= 4 is 17.1 Å². The van der Waals surface area contributed by atoms with E-state index in [-0.39, 0.29) is 24.1 Å². The van der Waals surface area contributed by atoms with Crippen LogP contribution in [0.25, 0.3) is 11.2 Å². The molecule has 1 aliphatic rings. The van der Waals surface area contributed by atoms with Gasteiger partial charge in [-0.15, -0.1) is 0 Å². The van der Waals surface area contributed by atoms with Crippen molar-refractivity contribution in [3.05, 3.63) is 112 Å². The van der Waals surface area contributed by atoms with Gasteiger partial charge in [-0.1, -0.05) is 68.4 Å². The molecule has 11 heteroatoms. The first-order chi connectivity index (χ1) is 22.3. The van der Waals surface area contributed by atoms with Crippen molar-refractivity contribution in [3.63, 3.8) is 0 Å². The number of rotatable bonds is 12. The van der Waals surface area contributed by atoms with Gasteiger partial charge in [-0.25, -0.2) is 4.98 Å². The molecular formula is C35H39N5O6. The van der Waals surface area contributed by atoms with Crippen molar-refractivity contribution in [1.29, 1.82) is 0 Å². The zero-order chi connectivity index (χ0) is 32.3. The van der Waals surface area contributed by atoms with Crippen LogP contribution in [-0.4, -0.2) is 64.2 Å². The quantitative estimate of drug-likeness (QED) is 0.166. The summed E-state index contributed by atoms with van der Waals surface area (Å²) in [6.45, 7) is 4.85. The molecule has 5 aromatic rings. The van der Waals surface area contributed by atoms with Gasteiger partial charge in [-0.3, -0.25) is 14.3 Å². The summed E-state index contributed by atoms with van der Waals surface area (Å²) in [5, 5.41) is 14.4. The van der Waals surface area contributed by atoms with Crippen molar-refractivity contribution in [2.75, 3.05) is 32.7 Å². The normalized spacial score (nSPS) is 18.3. The van der Waals surface area contributed by atoms with E-state index in [2.05, 4.69) is 34.1 Å². The average Bonchev–Trinajstić information content (AvgIpc) is 3.68. The van der Waals surface area contributed by atoms with Gasteiger partial charge in [0.15, 0.2) is 11.2 Å². The molecule has 3 atom stereocenters. The summed E-state index contributed by atoms with van der Waals surface area (Å²) in [6, 6.07) is 25.4. The number of methoxy groups -OCH3 is 2. The zero-order valence-electron chi connectivity index (χ0n) is 26.3. The third kappa shape index (κ3) is 6.09. The summed E-state index contributed by atoms with van der Waals surface area (Å²) in [5.41, 5.74) is 1.81. The molecular weight excluding hydrogens is 586 g/mol. The minimum Gasteiger partial charge on any atom is -0.497 e. The smallest absolute Gasteiger partial charge is 0.278 e. The number of anilines is 1. The van der Waals surface area contributed by atoms with E-state index in [0.717, 1.165) is 28.2 Å². The van der Waals surface area contributed by atoms with Crippen LogP contribution in [0, 0.1) is 5.92 Å². The van der Waals surface area contributed by atoms with E-state index in [0.29, 0.717) is 24.1 Å². The number of imidazole rings is 1. The highest BCUT2D eigenvalue weighted by atomic mass is 16.6. The largest absolute Gasteiger partial charge is 0.497 e. The zero-order valence-corrected chi connectivity index (χ0v) is 26.3. The van der Waals surface area contributed by atoms with Crippen molar-refractivity contribution < 1.29 is 24.1 Å². The summed E-state index contributed by atoms with van der Waals surface area (Å²) in [5.74, 6) is 2.18. The molecule has 46 heavy (non-hydrogen) atoms. The van der Waals surface area contributed by atoms with E-state index in [1.165, 1.54) is 6.33 Å². The molecule has 0 saturated carbocycles. The first-order valence-corrected chi connectivity index (χ1v) is 15.3. The van der Waals surface area contributed by atoms with Crippen LogP contribution in [0.15, 0.2) is 90.0 Å². The number of nitrogens with zero attached hydrogens (tertiary/aromatic N) is 3. The van der Waals surface area contributed by atoms with Gasteiger partial charge in [-0.05, 0) is 46.9 Å². The lowest BCUT2D eigenvalue weighted by Gasteiger charge is -2.37. The molecule has 1 aliphatic heterocycles. The van der Waals surface area contributed by atoms with Gasteiger partial charge in [0.25, 0.3) is 5.56 Å². The second kappa shape index (κ2) is 13.3. The number of fused-ring (bicyclic) bond motifs is 1. The number of hydrogen-bond donors (Lipinski definition) is 3. The molecule has 0 bridgehead atoms. The number of nitrogens with one attached hydrogen (secondary N) is 2. The lowest BCUT2D eigenvalue weighted by atomic mass is 9.80. The van der Waals surface area contributed by atoms with Crippen molar-refractivity contribution in [1.82, 2.24) is 19.5 Å². The lowest BCUT2D eigenvalue weighted by Crippen LogP contribution is -2.38. The highest BCUT2D eigenvalue weighted by molar-refractivity contribution is 5.71. The van der Waals surface area contributed by atoms with E-state index in [4.69, 9.17) is 18.9 Å². The minimum absolute atomic E-state index is 0.0507. The van der Waals surface area contributed by atoms with Crippen LogP contribution in [0.1, 0.15) is 43.2 Å². The average molecular weight is 626 g/mol. The number of aromatic amines is 1. The van der Waals surface area contributed by atoms with Gasteiger partial charge in [0.1, 0.15) is 29.4 Å². The molecule has 0 aliphatic carbocycles. The van der Waals surface area contributed by atoms with Gasteiger partial charge in [0.05, 0.1) is 33.3 Å². The Kier molecular flexibility index (Phi) is 9.07. The van der Waals surface area contributed by atoms with Crippen molar-refractivity contribution in [3.8, 4) is 11.5 Å². The van der Waals surface area contributed by atoms with Crippen LogP contribution in [0.3, 0.4) is 0 Å². The fourth-order valence-electron chi connectivity index (χ4n) is 5.87. The Morgan fingerprint density at radius 1 is 0.978 bits per heavy atom. The monoisotopic (exact) mass is 625 g/mol. The van der Waals surface area contributed by atoms with Crippen LogP contribution < -0.4 is 20.3 Å². The number of hydrogen-bond acceptors (Lipinski definition) is 9. The number of benzene rings is 3. The summed E-state index contributed by atoms with van der Waals surface area (Å²) in [6.07, 6.45) is -0.417. The second-order valence-corrected chi connectivity index (χ2v) is 11.8. The molecule has 3 N–H and O–H groups in total. The predicted octanol–water partition coefficient (Wildman–Crippen LogP) is 4.86. The van der Waals surface area contributed by atoms with Crippen LogP contribution in [0.2, 0.25) is 0 Å². The fourth-order valence-corrected chi connectivity index (χ4v) is 5.87. The molecule has 0 spiro atoms. The lowest BCUT2D eigenvalue weighted by molar-refractivity contribution is -0.0930. The number of aliphatic hydroxyl groups excluding tert-OH is 1. The molecule has 6 rings (SSSR count). The van der Waals surface area contributed by atoms with Gasteiger partial charge in [-0.2, -0.15) is 4.98 Å². The molecule has 11 nitrogen and oxygen atoms in total. The molecule has 0 amide bonds. The Hall–Kier alpha value is -4.71. The molecule has 1 fully saturated rings. The van der Waals surface area contributed by atoms with Gasteiger partial charge < -0.3 is 29.4 Å². The molecule has 1 saturated heterocycles. The fraction of sp³-hybridized carbons (Fsp3) is 0.343. The summed E-state index contributed by atoms with van der Waals surface area (Å²) >= 11 is 0. The maximum atomic E-state index is 13.1. The predicted molar refractivity (Wildman–Crippen MR) is 174 cm³/mol. The molecule has 3 aromatic carbocycles. The summed E-state index contributed by atoms with van der Waals surface area (Å²) < 4.78 is 25.8. The van der Waals surface area contributed by atoms with Crippen LogP contribution >= 0.6 is 0 Å². The van der Waals surface area contributed by atoms with Gasteiger partial charge in [0.2, 0.25) is 5.95 Å². The van der Waals surface area contributed by atoms with E-state index in [1.54, 1.807) is 18.8 Å². The van der Waals surface area contributed by atoms with Crippen molar-refractivity contribution in [2.45, 2.75) is 44.3 Å². The maximum Gasteiger partial charge on any atom is 0.278 e. The van der Waals surface area contributed by atoms with Crippen LogP contribution in [0.5, 0.6) is 11.5 Å². The SMILES string of the molecule is COc1ccc(C(OC[C@H]2O[C@@H](n3cnc4nc(NCC(C)C)[nH]c(=O)c43)C[C@@H]2O)(c2ccccc2)c2ccc(OC)cc2)cc1. The summed E-state index contributed by atoms with van der Waals surface area (Å²) in [4.78, 5) is 24.7. The Labute approximate surface area is 267 Å². The third-order valence-corrected chi connectivity index (χ3v) is 8.27. The number of aliphatic hydroxyl groups is 1. The van der Waals surface area contributed by atoms with E-state index < -0.39 is 24.0 Å². The number of ether oxygens (including phenoxy) is 4. The molecule has 0 radical (unpaired) electrons. The Bertz CT molecular complexity index is 1760. The minimum atomic E-state index is -1.07. The molecule has 240 valence electrons. The highest BCUT2D eigenvalue weighted by Gasteiger charge is 2.42. The molecule has 3 heterocycles. The van der Waals surface area contributed by atoms with Gasteiger partial charge in [0, 0.05) is 13.0 Å². The first kappa shape index (κ1) is 31.3. The van der Waals surface area contributed by atoms with Crippen molar-refractivity contribution in [2.24, 2.45) is 5.92 Å². The molecule has 2 aromatic heterocycles. The van der Waals surface area contributed by atoms with E-state index in [1.807, 2.05) is 78.9 Å². The highest BCUT2D eigenvalue weighted by Crippen LogP contribution is 2.43. The number of H-pyrrole nitrogens is 1. The first-order valence-electron chi connectivity index (χ1n) is 15.3. The number of aromatic nitrogens is 4. The van der Waals surface area contributed by atoms with Crippen LogP contribution in [0.4, 0.5) is 5.95 Å².